The van der Waals surface area contributed by atoms with Crippen molar-refractivity contribution in [1.29, 1.82) is 0 Å². The third kappa shape index (κ3) is 1.75. The maximum Gasteiger partial charge on any atom is 0.260 e. The average Bonchev–Trinajstić information content (AvgIpc) is 2.56. The van der Waals surface area contributed by atoms with Crippen LogP contribution in [0.5, 0.6) is 0 Å². The molecule has 1 atom stereocenters. The number of fused-ring (bicyclic) bond motifs is 2. The number of rotatable bonds is 0. The number of amides is 1. The van der Waals surface area contributed by atoms with Crippen LogP contribution in [0.25, 0.3) is 0 Å². The number of hydrogen-bond donors (Lipinski definition) is 1. The topological polar surface area (TPSA) is 55.9 Å². The first-order valence-electron chi connectivity index (χ1n) is 5.69. The SMILES string of the molecule is O=C1CNN2CN3C=CC=CCN3C(=O)C2C1. The minimum absolute atomic E-state index is 0.0204. The average molecular weight is 234 g/mol. The Kier molecular flexibility index (Phi) is 2.45. The maximum absolute atomic E-state index is 12.3. The van der Waals surface area contributed by atoms with Crippen LogP contribution in [-0.4, -0.2) is 52.5 Å². The Hall–Kier alpha value is -1.66. The van der Waals surface area contributed by atoms with Crippen LogP contribution in [0.15, 0.2) is 24.4 Å². The minimum atomic E-state index is -0.354. The van der Waals surface area contributed by atoms with Crippen LogP contribution in [0.2, 0.25) is 0 Å². The van der Waals surface area contributed by atoms with Gasteiger partial charge < -0.3 is 0 Å². The van der Waals surface area contributed by atoms with Gasteiger partial charge in [-0.3, -0.25) is 14.6 Å². The molecule has 17 heavy (non-hydrogen) atoms. The second-order valence-electron chi connectivity index (χ2n) is 4.33. The van der Waals surface area contributed by atoms with Crippen molar-refractivity contribution < 1.29 is 9.59 Å². The molecular formula is C11H14N4O2. The van der Waals surface area contributed by atoms with Gasteiger partial charge in [-0.15, -0.1) is 0 Å². The van der Waals surface area contributed by atoms with Crippen LogP contribution < -0.4 is 5.43 Å². The number of nitrogens with zero attached hydrogens (tertiary/aromatic N) is 3. The second kappa shape index (κ2) is 3.97. The predicted octanol–water partition coefficient (Wildman–Crippen LogP) is -0.765. The van der Waals surface area contributed by atoms with E-state index in [1.807, 2.05) is 34.4 Å². The highest BCUT2D eigenvalue weighted by Crippen LogP contribution is 2.20. The number of allylic oxidation sites excluding steroid dienone is 2. The van der Waals surface area contributed by atoms with E-state index in [0.717, 1.165) is 0 Å². The molecule has 0 spiro atoms. The molecule has 3 aliphatic rings. The molecular weight excluding hydrogens is 220 g/mol. The molecule has 3 heterocycles. The van der Waals surface area contributed by atoms with Crippen molar-refractivity contribution >= 4 is 11.7 Å². The molecule has 6 nitrogen and oxygen atoms in total. The lowest BCUT2D eigenvalue weighted by Gasteiger charge is -2.47. The molecule has 0 aromatic rings. The van der Waals surface area contributed by atoms with Crippen molar-refractivity contribution in [2.24, 2.45) is 0 Å². The summed E-state index contributed by atoms with van der Waals surface area (Å²) in [5, 5.41) is 5.39. The van der Waals surface area contributed by atoms with Gasteiger partial charge in [0, 0.05) is 12.6 Å². The molecule has 0 radical (unpaired) electrons. The van der Waals surface area contributed by atoms with E-state index in [1.54, 1.807) is 5.01 Å². The summed E-state index contributed by atoms with van der Waals surface area (Å²) in [7, 11) is 0. The Morgan fingerprint density at radius 3 is 3.06 bits per heavy atom. The van der Waals surface area contributed by atoms with E-state index in [0.29, 0.717) is 26.2 Å². The second-order valence-corrected chi connectivity index (χ2v) is 4.33. The van der Waals surface area contributed by atoms with Crippen molar-refractivity contribution in [3.8, 4) is 0 Å². The summed E-state index contributed by atoms with van der Waals surface area (Å²) in [5.41, 5.74) is 2.99. The standard InChI is InChI=1S/C11H14N4O2/c16-9-6-10-11(17)15-5-3-1-2-4-13(15)8-14(10)12-7-9/h1-4,10,12H,5-8H2. The van der Waals surface area contributed by atoms with Gasteiger partial charge in [0.15, 0.2) is 0 Å². The van der Waals surface area contributed by atoms with Crippen molar-refractivity contribution in [3.05, 3.63) is 24.4 Å². The smallest absolute Gasteiger partial charge is 0.260 e. The molecule has 2 saturated heterocycles. The fraction of sp³-hybridized carbons (Fsp3) is 0.455. The van der Waals surface area contributed by atoms with E-state index < -0.39 is 0 Å². The van der Waals surface area contributed by atoms with Gasteiger partial charge in [-0.25, -0.2) is 15.4 Å². The first kappa shape index (κ1) is 10.5. The summed E-state index contributed by atoms with van der Waals surface area (Å²) in [4.78, 5) is 23.7. The predicted molar refractivity (Wildman–Crippen MR) is 60.0 cm³/mol. The molecule has 0 aromatic heterocycles. The number of carbonyl (C=O) groups excluding carboxylic acids is 2. The van der Waals surface area contributed by atoms with Gasteiger partial charge in [0.25, 0.3) is 5.91 Å². The molecule has 2 fully saturated rings. The van der Waals surface area contributed by atoms with Gasteiger partial charge in [-0.2, -0.15) is 0 Å². The molecule has 0 aromatic carbocycles. The number of hydrogen-bond acceptors (Lipinski definition) is 5. The number of ketones is 1. The fourth-order valence-corrected chi connectivity index (χ4v) is 2.31. The van der Waals surface area contributed by atoms with Crippen molar-refractivity contribution in [2.45, 2.75) is 12.5 Å². The van der Waals surface area contributed by atoms with Gasteiger partial charge in [0.1, 0.15) is 18.5 Å². The molecule has 1 unspecified atom stereocenters. The van der Waals surface area contributed by atoms with E-state index in [4.69, 9.17) is 0 Å². The number of Topliss-reactive ketones (excluding diaryl/α,β-unsaturated/α-hetero) is 1. The first-order valence-corrected chi connectivity index (χ1v) is 5.69. The summed E-state index contributed by atoms with van der Waals surface area (Å²) >= 11 is 0. The van der Waals surface area contributed by atoms with Crippen LogP contribution in [-0.2, 0) is 9.59 Å². The monoisotopic (exact) mass is 234 g/mol. The largest absolute Gasteiger partial charge is 0.298 e. The van der Waals surface area contributed by atoms with E-state index in [2.05, 4.69) is 5.43 Å². The van der Waals surface area contributed by atoms with Gasteiger partial charge >= 0.3 is 0 Å². The van der Waals surface area contributed by atoms with E-state index in [9.17, 15) is 9.59 Å². The Morgan fingerprint density at radius 1 is 1.29 bits per heavy atom. The lowest BCUT2D eigenvalue weighted by atomic mass is 10.1. The molecule has 3 aliphatic heterocycles. The van der Waals surface area contributed by atoms with Crippen molar-refractivity contribution in [1.82, 2.24) is 20.5 Å². The van der Waals surface area contributed by atoms with Gasteiger partial charge in [-0.1, -0.05) is 12.2 Å². The number of hydrazine groups is 2. The number of carbonyl (C=O) groups is 2. The summed E-state index contributed by atoms with van der Waals surface area (Å²) in [6.07, 6.45) is 7.94. The van der Waals surface area contributed by atoms with Crippen LogP contribution in [0.1, 0.15) is 6.42 Å². The molecule has 90 valence electrons. The summed E-state index contributed by atoms with van der Waals surface area (Å²) in [6.45, 7) is 1.46. The van der Waals surface area contributed by atoms with Crippen molar-refractivity contribution in [3.63, 3.8) is 0 Å². The highest BCUT2D eigenvalue weighted by molar-refractivity contribution is 5.91. The van der Waals surface area contributed by atoms with Gasteiger partial charge in [-0.05, 0) is 6.08 Å². The lowest BCUT2D eigenvalue weighted by molar-refractivity contribution is -0.176. The molecule has 1 amide bonds. The van der Waals surface area contributed by atoms with Crippen LogP contribution in [0, 0.1) is 0 Å². The zero-order valence-corrected chi connectivity index (χ0v) is 9.37. The first-order chi connectivity index (χ1) is 8.25. The fourth-order valence-electron chi connectivity index (χ4n) is 2.31. The highest BCUT2D eigenvalue weighted by Gasteiger charge is 2.41. The minimum Gasteiger partial charge on any atom is -0.298 e. The molecule has 0 bridgehead atoms. The molecule has 6 heteroatoms. The Bertz CT molecular complexity index is 418. The molecule has 0 aliphatic carbocycles. The maximum atomic E-state index is 12.3. The van der Waals surface area contributed by atoms with E-state index in [1.165, 1.54) is 0 Å². The molecule has 3 rings (SSSR count). The summed E-state index contributed by atoms with van der Waals surface area (Å²) in [5.74, 6) is 0.0713. The third-order valence-corrected chi connectivity index (χ3v) is 3.21. The van der Waals surface area contributed by atoms with E-state index >= 15 is 0 Å². The normalized spacial score (nSPS) is 29.1. The van der Waals surface area contributed by atoms with Gasteiger partial charge in [0.2, 0.25) is 0 Å². The zero-order chi connectivity index (χ0) is 11.8. The third-order valence-electron chi connectivity index (χ3n) is 3.21. The molecule has 1 N–H and O–H groups in total. The highest BCUT2D eigenvalue weighted by atomic mass is 16.2. The number of nitrogens with one attached hydrogen (secondary N) is 1. The quantitative estimate of drug-likeness (QED) is 0.597. The Morgan fingerprint density at radius 2 is 2.18 bits per heavy atom. The lowest BCUT2D eigenvalue weighted by Crippen LogP contribution is -2.68. The summed E-state index contributed by atoms with van der Waals surface area (Å²) in [6, 6.07) is -0.354. The van der Waals surface area contributed by atoms with Crippen LogP contribution in [0.3, 0.4) is 0 Å². The van der Waals surface area contributed by atoms with Gasteiger partial charge in [0.05, 0.1) is 13.1 Å². The summed E-state index contributed by atoms with van der Waals surface area (Å²) < 4.78 is 0. The van der Waals surface area contributed by atoms with Crippen molar-refractivity contribution in [2.75, 3.05) is 19.8 Å². The van der Waals surface area contributed by atoms with Crippen LogP contribution >= 0.6 is 0 Å². The zero-order valence-electron chi connectivity index (χ0n) is 9.37. The van der Waals surface area contributed by atoms with E-state index in [-0.39, 0.29) is 17.7 Å². The van der Waals surface area contributed by atoms with Crippen LogP contribution in [0.4, 0.5) is 0 Å². The Balaban J connectivity index is 1.86. The Labute approximate surface area is 99.1 Å². The molecule has 0 saturated carbocycles.